The van der Waals surface area contributed by atoms with Crippen LogP contribution < -0.4 is 0 Å². The van der Waals surface area contributed by atoms with Gasteiger partial charge in [-0.05, 0) is 36.8 Å². The number of carbonyl (C=O) groups is 1. The molecule has 0 fully saturated rings. The van der Waals surface area contributed by atoms with Gasteiger partial charge in [-0.2, -0.15) is 0 Å². The van der Waals surface area contributed by atoms with Gasteiger partial charge in [0.2, 0.25) is 0 Å². The fourth-order valence-corrected chi connectivity index (χ4v) is 3.00. The highest BCUT2D eigenvalue weighted by Crippen LogP contribution is 2.30. The molecular weight excluding hydrogens is 344 g/mol. The largest absolute Gasteiger partial charge is 0.461 e. The molecule has 25 heavy (non-hydrogen) atoms. The topological polar surface area (TPSA) is 74.4 Å². The van der Waals surface area contributed by atoms with Crippen LogP contribution in [0.25, 0.3) is 10.9 Å². The number of hydrogen-bond acceptors (Lipinski definition) is 4. The number of hydrogen-bond donors (Lipinski definition) is 0. The maximum absolute atomic E-state index is 12.3. The Morgan fingerprint density at radius 2 is 2.00 bits per heavy atom. The van der Waals surface area contributed by atoms with E-state index in [-0.39, 0.29) is 18.0 Å². The number of esters is 1. The first-order valence-corrected chi connectivity index (χ1v) is 8.07. The molecule has 0 saturated heterocycles. The average Bonchev–Trinajstić information content (AvgIpc) is 2.94. The minimum absolute atomic E-state index is 0.0482. The van der Waals surface area contributed by atoms with Crippen molar-refractivity contribution >= 4 is 34.2 Å². The summed E-state index contributed by atoms with van der Waals surface area (Å²) in [6.07, 6.45) is 0. The molecule has 0 aliphatic rings. The molecule has 0 saturated carbocycles. The number of ether oxygens (including phenoxy) is 1. The molecule has 0 atom stereocenters. The molecule has 0 radical (unpaired) electrons. The molecular formula is C18H15ClN2O4. The molecule has 1 aromatic heterocycles. The number of rotatable bonds is 5. The summed E-state index contributed by atoms with van der Waals surface area (Å²) in [5.41, 5.74) is 1.69. The lowest BCUT2D eigenvalue weighted by molar-refractivity contribution is -0.383. The van der Waals surface area contributed by atoms with Gasteiger partial charge in [-0.3, -0.25) is 10.1 Å². The lowest BCUT2D eigenvalue weighted by atomic mass is 10.2. The van der Waals surface area contributed by atoms with Crippen LogP contribution in [0, 0.1) is 10.1 Å². The van der Waals surface area contributed by atoms with Crippen LogP contribution in [0.5, 0.6) is 0 Å². The highest BCUT2D eigenvalue weighted by Gasteiger charge is 2.22. The van der Waals surface area contributed by atoms with Crippen LogP contribution >= 0.6 is 11.6 Å². The SMILES string of the molecule is CCOC(=O)c1cc2c([N+](=O)[O-])cccc2n1Cc1cccc(Cl)c1. The highest BCUT2D eigenvalue weighted by molar-refractivity contribution is 6.30. The molecule has 0 aliphatic carbocycles. The van der Waals surface area contributed by atoms with Crippen molar-refractivity contribution in [2.45, 2.75) is 13.5 Å². The fourth-order valence-electron chi connectivity index (χ4n) is 2.79. The minimum Gasteiger partial charge on any atom is -0.461 e. The van der Waals surface area contributed by atoms with E-state index >= 15 is 0 Å². The summed E-state index contributed by atoms with van der Waals surface area (Å²) < 4.78 is 6.82. The maximum Gasteiger partial charge on any atom is 0.354 e. The van der Waals surface area contributed by atoms with Crippen molar-refractivity contribution in [1.29, 1.82) is 0 Å². The van der Waals surface area contributed by atoms with Crippen molar-refractivity contribution in [3.63, 3.8) is 0 Å². The molecule has 128 valence electrons. The number of benzene rings is 2. The summed E-state index contributed by atoms with van der Waals surface area (Å²) in [6.45, 7) is 2.28. The Hall–Kier alpha value is -2.86. The minimum atomic E-state index is -0.518. The van der Waals surface area contributed by atoms with Crippen LogP contribution in [0.2, 0.25) is 5.02 Å². The second-order valence-corrected chi connectivity index (χ2v) is 5.87. The Kier molecular flexibility index (Phi) is 4.72. The highest BCUT2D eigenvalue weighted by atomic mass is 35.5. The van der Waals surface area contributed by atoms with E-state index in [0.29, 0.717) is 22.5 Å². The number of carbonyl (C=O) groups excluding carboxylic acids is 1. The van der Waals surface area contributed by atoms with Crippen molar-refractivity contribution in [1.82, 2.24) is 4.57 Å². The van der Waals surface area contributed by atoms with E-state index in [4.69, 9.17) is 16.3 Å². The van der Waals surface area contributed by atoms with E-state index in [9.17, 15) is 14.9 Å². The summed E-state index contributed by atoms with van der Waals surface area (Å²) >= 11 is 6.03. The predicted octanol–water partition coefficient (Wildman–Crippen LogP) is 4.43. The summed E-state index contributed by atoms with van der Waals surface area (Å²) in [4.78, 5) is 23.2. The van der Waals surface area contributed by atoms with Crippen LogP contribution in [-0.2, 0) is 11.3 Å². The molecule has 0 bridgehead atoms. The number of nitro groups is 1. The summed E-state index contributed by atoms with van der Waals surface area (Å²) in [5, 5.41) is 12.3. The van der Waals surface area contributed by atoms with Crippen LogP contribution in [0.3, 0.4) is 0 Å². The maximum atomic E-state index is 12.3. The molecule has 3 rings (SSSR count). The smallest absolute Gasteiger partial charge is 0.354 e. The van der Waals surface area contributed by atoms with Gasteiger partial charge in [-0.15, -0.1) is 0 Å². The van der Waals surface area contributed by atoms with Gasteiger partial charge in [0.05, 0.1) is 22.4 Å². The first-order valence-electron chi connectivity index (χ1n) is 7.69. The number of fused-ring (bicyclic) bond motifs is 1. The van der Waals surface area contributed by atoms with Crippen LogP contribution in [-0.4, -0.2) is 22.1 Å². The third kappa shape index (κ3) is 3.34. The van der Waals surface area contributed by atoms with Crippen molar-refractivity contribution in [2.75, 3.05) is 6.61 Å². The molecule has 0 spiro atoms. The predicted molar refractivity (Wildman–Crippen MR) is 95.1 cm³/mol. The Morgan fingerprint density at radius 3 is 2.68 bits per heavy atom. The summed E-state index contributed by atoms with van der Waals surface area (Å²) in [5.74, 6) is -0.518. The number of nitrogens with zero attached hydrogens (tertiary/aromatic N) is 2. The van der Waals surface area contributed by atoms with Gasteiger partial charge >= 0.3 is 5.97 Å². The van der Waals surface area contributed by atoms with Gasteiger partial charge < -0.3 is 9.30 Å². The normalized spacial score (nSPS) is 10.8. The molecule has 0 unspecified atom stereocenters. The van der Waals surface area contributed by atoms with Gasteiger partial charge in [-0.25, -0.2) is 4.79 Å². The first kappa shape index (κ1) is 17.0. The second kappa shape index (κ2) is 6.94. The van der Waals surface area contributed by atoms with Gasteiger partial charge in [0.1, 0.15) is 5.69 Å². The van der Waals surface area contributed by atoms with E-state index in [1.807, 2.05) is 12.1 Å². The third-order valence-corrected chi connectivity index (χ3v) is 4.07. The number of aromatic nitrogens is 1. The Balaban J connectivity index is 2.19. The van der Waals surface area contributed by atoms with Gasteiger partial charge in [-0.1, -0.05) is 29.8 Å². The fraction of sp³-hybridized carbons (Fsp3) is 0.167. The number of halogens is 1. The zero-order chi connectivity index (χ0) is 18.0. The van der Waals surface area contributed by atoms with Gasteiger partial charge in [0.15, 0.2) is 0 Å². The first-order chi connectivity index (χ1) is 12.0. The van der Waals surface area contributed by atoms with Gasteiger partial charge in [0.25, 0.3) is 5.69 Å². The van der Waals surface area contributed by atoms with Gasteiger partial charge in [0, 0.05) is 17.6 Å². The summed E-state index contributed by atoms with van der Waals surface area (Å²) in [6, 6.07) is 13.5. The van der Waals surface area contributed by atoms with Crippen LogP contribution in [0.4, 0.5) is 5.69 Å². The molecule has 0 amide bonds. The van der Waals surface area contributed by atoms with E-state index in [1.54, 1.807) is 35.8 Å². The standard InChI is InChI=1S/C18H15ClN2O4/c1-2-25-18(22)17-10-14-15(7-4-8-16(14)21(23)24)20(17)11-12-5-3-6-13(19)9-12/h3-10H,2,11H2,1H3. The van der Waals surface area contributed by atoms with E-state index in [0.717, 1.165) is 5.56 Å². The zero-order valence-corrected chi connectivity index (χ0v) is 14.2. The van der Waals surface area contributed by atoms with Crippen molar-refractivity contribution < 1.29 is 14.5 Å². The number of nitro benzene ring substituents is 1. The van der Waals surface area contributed by atoms with E-state index in [2.05, 4.69) is 0 Å². The third-order valence-electron chi connectivity index (χ3n) is 3.83. The monoisotopic (exact) mass is 358 g/mol. The second-order valence-electron chi connectivity index (χ2n) is 5.43. The molecule has 7 heteroatoms. The Labute approximate surface area is 148 Å². The quantitative estimate of drug-likeness (QED) is 0.384. The van der Waals surface area contributed by atoms with E-state index in [1.165, 1.54) is 12.1 Å². The van der Waals surface area contributed by atoms with Crippen LogP contribution in [0.1, 0.15) is 23.0 Å². The lowest BCUT2D eigenvalue weighted by Crippen LogP contribution is -2.12. The molecule has 3 aromatic rings. The molecule has 2 aromatic carbocycles. The van der Waals surface area contributed by atoms with Crippen molar-refractivity contribution in [2.24, 2.45) is 0 Å². The van der Waals surface area contributed by atoms with Crippen LogP contribution in [0.15, 0.2) is 48.5 Å². The Bertz CT molecular complexity index is 965. The number of non-ortho nitro benzene ring substituents is 1. The lowest BCUT2D eigenvalue weighted by Gasteiger charge is -2.10. The molecule has 6 nitrogen and oxygen atoms in total. The molecule has 1 heterocycles. The Morgan fingerprint density at radius 1 is 1.24 bits per heavy atom. The van der Waals surface area contributed by atoms with E-state index < -0.39 is 10.9 Å². The van der Waals surface area contributed by atoms with Crippen molar-refractivity contribution in [3.8, 4) is 0 Å². The zero-order valence-electron chi connectivity index (χ0n) is 13.4. The average molecular weight is 359 g/mol. The van der Waals surface area contributed by atoms with Crippen molar-refractivity contribution in [3.05, 3.63) is 74.9 Å². The molecule has 0 N–H and O–H groups in total. The summed E-state index contributed by atoms with van der Waals surface area (Å²) in [7, 11) is 0. The molecule has 0 aliphatic heterocycles.